The minimum Gasteiger partial charge on any atom is -0.331 e. The van der Waals surface area contributed by atoms with Crippen molar-refractivity contribution >= 4 is 5.78 Å². The molecule has 0 amide bonds. The fourth-order valence-corrected chi connectivity index (χ4v) is 2.39. The zero-order valence-electron chi connectivity index (χ0n) is 9.49. The van der Waals surface area contributed by atoms with Gasteiger partial charge in [-0.2, -0.15) is 0 Å². The van der Waals surface area contributed by atoms with Crippen LogP contribution < -0.4 is 0 Å². The molecule has 1 unspecified atom stereocenters. The Morgan fingerprint density at radius 3 is 3.00 bits per heavy atom. The van der Waals surface area contributed by atoms with Gasteiger partial charge < -0.3 is 4.57 Å². The van der Waals surface area contributed by atoms with Crippen LogP contribution in [0.15, 0.2) is 6.33 Å². The monoisotopic (exact) mass is 206 g/mol. The van der Waals surface area contributed by atoms with Crippen LogP contribution in [0.1, 0.15) is 50.5 Å². The summed E-state index contributed by atoms with van der Waals surface area (Å²) in [4.78, 5) is 15.5. The van der Waals surface area contributed by atoms with E-state index in [2.05, 4.69) is 16.5 Å². The van der Waals surface area contributed by atoms with Gasteiger partial charge in [0.15, 0.2) is 0 Å². The Morgan fingerprint density at radius 1 is 1.53 bits per heavy atom. The average molecular weight is 206 g/mol. The third kappa shape index (κ3) is 2.11. The van der Waals surface area contributed by atoms with Crippen molar-refractivity contribution in [3.63, 3.8) is 0 Å². The highest BCUT2D eigenvalue weighted by Gasteiger charge is 2.18. The van der Waals surface area contributed by atoms with Gasteiger partial charge in [0.25, 0.3) is 0 Å². The summed E-state index contributed by atoms with van der Waals surface area (Å²) in [6.07, 6.45) is 7.26. The zero-order chi connectivity index (χ0) is 10.8. The molecule has 0 N–H and O–H groups in total. The van der Waals surface area contributed by atoms with Gasteiger partial charge in [-0.15, -0.1) is 0 Å². The standard InChI is InChI=1S/C12H18N2O/c1-9(7-10(2)15)14-8-13-11-5-3-4-6-12(11)14/h8-9H,3-7H2,1-2H3. The van der Waals surface area contributed by atoms with Gasteiger partial charge in [-0.3, -0.25) is 4.79 Å². The summed E-state index contributed by atoms with van der Waals surface area (Å²) < 4.78 is 2.19. The molecule has 2 rings (SSSR count). The second-order valence-corrected chi connectivity index (χ2v) is 4.51. The first-order valence-corrected chi connectivity index (χ1v) is 5.72. The maximum Gasteiger partial charge on any atom is 0.131 e. The van der Waals surface area contributed by atoms with Crippen LogP contribution in [0.25, 0.3) is 0 Å². The number of imidazole rings is 1. The first-order valence-electron chi connectivity index (χ1n) is 5.72. The lowest BCUT2D eigenvalue weighted by Gasteiger charge is -2.18. The number of hydrogen-bond donors (Lipinski definition) is 0. The molecule has 3 nitrogen and oxygen atoms in total. The minimum atomic E-state index is 0.251. The highest BCUT2D eigenvalue weighted by atomic mass is 16.1. The Balaban J connectivity index is 2.20. The molecule has 0 bridgehead atoms. The number of aryl methyl sites for hydroxylation is 1. The number of carbonyl (C=O) groups is 1. The summed E-state index contributed by atoms with van der Waals surface area (Å²) in [5, 5.41) is 0. The Kier molecular flexibility index (Phi) is 2.89. The Labute approximate surface area is 90.5 Å². The summed E-state index contributed by atoms with van der Waals surface area (Å²) >= 11 is 0. The van der Waals surface area contributed by atoms with Crippen LogP contribution in [-0.2, 0) is 17.6 Å². The van der Waals surface area contributed by atoms with Gasteiger partial charge in [0.05, 0.1) is 12.0 Å². The van der Waals surface area contributed by atoms with Gasteiger partial charge in [-0.05, 0) is 39.5 Å². The van der Waals surface area contributed by atoms with Gasteiger partial charge in [0.2, 0.25) is 0 Å². The summed E-state index contributed by atoms with van der Waals surface area (Å²) in [7, 11) is 0. The molecule has 1 atom stereocenters. The van der Waals surface area contributed by atoms with E-state index < -0.39 is 0 Å². The van der Waals surface area contributed by atoms with Gasteiger partial charge in [-0.1, -0.05) is 0 Å². The Bertz CT molecular complexity index is 368. The first-order chi connectivity index (χ1) is 7.18. The van der Waals surface area contributed by atoms with Gasteiger partial charge >= 0.3 is 0 Å². The molecule has 1 aromatic rings. The normalized spacial score (nSPS) is 17.2. The van der Waals surface area contributed by atoms with Crippen molar-refractivity contribution < 1.29 is 4.79 Å². The zero-order valence-corrected chi connectivity index (χ0v) is 9.49. The summed E-state index contributed by atoms with van der Waals surface area (Å²) in [6.45, 7) is 3.75. The van der Waals surface area contributed by atoms with Crippen molar-refractivity contribution in [1.29, 1.82) is 0 Å². The van der Waals surface area contributed by atoms with E-state index in [0.717, 1.165) is 12.8 Å². The van der Waals surface area contributed by atoms with Crippen molar-refractivity contribution in [3.05, 3.63) is 17.7 Å². The van der Waals surface area contributed by atoms with E-state index in [0.29, 0.717) is 6.42 Å². The van der Waals surface area contributed by atoms with E-state index in [1.54, 1.807) is 6.92 Å². The van der Waals surface area contributed by atoms with E-state index >= 15 is 0 Å². The highest BCUT2D eigenvalue weighted by molar-refractivity contribution is 5.75. The van der Waals surface area contributed by atoms with E-state index in [4.69, 9.17) is 0 Å². The lowest BCUT2D eigenvalue weighted by Crippen LogP contribution is -2.13. The van der Waals surface area contributed by atoms with Crippen molar-refractivity contribution in [2.24, 2.45) is 0 Å². The molecule has 15 heavy (non-hydrogen) atoms. The van der Waals surface area contributed by atoms with Crippen LogP contribution >= 0.6 is 0 Å². The molecule has 0 saturated heterocycles. The van der Waals surface area contributed by atoms with E-state index in [-0.39, 0.29) is 11.8 Å². The average Bonchev–Trinajstić information content (AvgIpc) is 2.59. The topological polar surface area (TPSA) is 34.9 Å². The fraction of sp³-hybridized carbons (Fsp3) is 0.667. The number of fused-ring (bicyclic) bond motifs is 1. The predicted molar refractivity (Wildman–Crippen MR) is 58.9 cm³/mol. The van der Waals surface area contributed by atoms with Crippen molar-refractivity contribution in [2.45, 2.75) is 52.0 Å². The molecule has 0 radical (unpaired) electrons. The largest absolute Gasteiger partial charge is 0.331 e. The third-order valence-corrected chi connectivity index (χ3v) is 3.12. The van der Waals surface area contributed by atoms with E-state index in [9.17, 15) is 4.79 Å². The number of carbonyl (C=O) groups excluding carboxylic acids is 1. The van der Waals surface area contributed by atoms with Crippen LogP contribution in [0.5, 0.6) is 0 Å². The molecular formula is C12H18N2O. The molecule has 3 heteroatoms. The second kappa shape index (κ2) is 4.17. The maximum absolute atomic E-state index is 11.1. The van der Waals surface area contributed by atoms with Gasteiger partial charge in [0, 0.05) is 18.2 Å². The number of rotatable bonds is 3. The van der Waals surface area contributed by atoms with E-state index in [1.165, 1.54) is 24.2 Å². The fourth-order valence-electron chi connectivity index (χ4n) is 2.39. The van der Waals surface area contributed by atoms with Gasteiger partial charge in [0.1, 0.15) is 5.78 Å². The first kappa shape index (κ1) is 10.4. The Morgan fingerprint density at radius 2 is 2.27 bits per heavy atom. The molecule has 1 heterocycles. The highest BCUT2D eigenvalue weighted by Crippen LogP contribution is 2.24. The van der Waals surface area contributed by atoms with Crippen LogP contribution in [0, 0.1) is 0 Å². The predicted octanol–water partition coefficient (Wildman–Crippen LogP) is 2.30. The molecule has 0 saturated carbocycles. The Hall–Kier alpha value is -1.12. The maximum atomic E-state index is 11.1. The molecule has 0 aliphatic heterocycles. The molecule has 1 aliphatic rings. The molecular weight excluding hydrogens is 188 g/mol. The molecule has 1 aliphatic carbocycles. The molecule has 82 valence electrons. The van der Waals surface area contributed by atoms with Crippen LogP contribution in [0.4, 0.5) is 0 Å². The summed E-state index contributed by atoms with van der Waals surface area (Å²) in [6, 6.07) is 0.261. The molecule has 0 aromatic carbocycles. The lowest BCUT2D eigenvalue weighted by atomic mass is 10.0. The molecule has 0 fully saturated rings. The number of ketones is 1. The minimum absolute atomic E-state index is 0.251. The van der Waals surface area contributed by atoms with Crippen LogP contribution in [0.3, 0.4) is 0 Å². The van der Waals surface area contributed by atoms with E-state index in [1.807, 2.05) is 6.33 Å². The van der Waals surface area contributed by atoms with Crippen molar-refractivity contribution in [3.8, 4) is 0 Å². The number of Topliss-reactive ketones (excluding diaryl/α,β-unsaturated/α-hetero) is 1. The second-order valence-electron chi connectivity index (χ2n) is 4.51. The van der Waals surface area contributed by atoms with Gasteiger partial charge in [-0.25, -0.2) is 4.98 Å². The quantitative estimate of drug-likeness (QED) is 0.760. The number of aromatic nitrogens is 2. The number of nitrogens with zero attached hydrogens (tertiary/aromatic N) is 2. The summed E-state index contributed by atoms with van der Waals surface area (Å²) in [5.74, 6) is 0.251. The lowest BCUT2D eigenvalue weighted by molar-refractivity contribution is -0.117. The van der Waals surface area contributed by atoms with Crippen LogP contribution in [-0.4, -0.2) is 15.3 Å². The SMILES string of the molecule is CC(=O)CC(C)n1cnc2c1CCCC2. The number of hydrogen-bond acceptors (Lipinski definition) is 2. The third-order valence-electron chi connectivity index (χ3n) is 3.12. The van der Waals surface area contributed by atoms with Crippen molar-refractivity contribution in [1.82, 2.24) is 9.55 Å². The van der Waals surface area contributed by atoms with Crippen molar-refractivity contribution in [2.75, 3.05) is 0 Å². The summed E-state index contributed by atoms with van der Waals surface area (Å²) in [5.41, 5.74) is 2.60. The smallest absolute Gasteiger partial charge is 0.131 e. The molecule has 0 spiro atoms. The molecule has 1 aromatic heterocycles. The van der Waals surface area contributed by atoms with Crippen LogP contribution in [0.2, 0.25) is 0 Å².